The lowest BCUT2D eigenvalue weighted by Gasteiger charge is -2.40. The Morgan fingerprint density at radius 2 is 2.00 bits per heavy atom. The number of carbonyl (C=O) groups is 1. The number of hydrogen-bond acceptors (Lipinski definition) is 3. The number of ketones is 1. The summed E-state index contributed by atoms with van der Waals surface area (Å²) in [7, 11) is 0. The summed E-state index contributed by atoms with van der Waals surface area (Å²) in [6.07, 6.45) is 0. The van der Waals surface area contributed by atoms with E-state index in [2.05, 4.69) is 18.7 Å². The van der Waals surface area contributed by atoms with Gasteiger partial charge < -0.3 is 0 Å². The van der Waals surface area contributed by atoms with Gasteiger partial charge in [-0.2, -0.15) is 11.8 Å². The van der Waals surface area contributed by atoms with Crippen LogP contribution in [0.25, 0.3) is 0 Å². The minimum absolute atomic E-state index is 0.0208. The summed E-state index contributed by atoms with van der Waals surface area (Å²) in [4.78, 5) is 14.7. The van der Waals surface area contributed by atoms with Crippen molar-refractivity contribution in [3.63, 3.8) is 0 Å². The van der Waals surface area contributed by atoms with Crippen LogP contribution < -0.4 is 0 Å². The minimum Gasteiger partial charge on any atom is -0.292 e. The molecular weight excluding hydrogens is 242 g/mol. The molecular formula is C15H21NOS. The molecule has 98 valence electrons. The van der Waals surface area contributed by atoms with Gasteiger partial charge in [-0.15, -0.1) is 0 Å². The smallest absolute Gasteiger partial charge is 0.179 e. The summed E-state index contributed by atoms with van der Waals surface area (Å²) in [5.74, 6) is 1.35. The van der Waals surface area contributed by atoms with Crippen molar-refractivity contribution in [2.24, 2.45) is 0 Å². The standard InChI is InChI=1S/C15H21NOS/c1-12(14(17)13-7-5-4-6-8-13)16-9-10-18-15(2,3)11-16/h4-8,12H,9-11H2,1-3H3. The predicted octanol–water partition coefficient (Wildman–Crippen LogP) is 3.09. The predicted molar refractivity (Wildman–Crippen MR) is 78.3 cm³/mol. The van der Waals surface area contributed by atoms with Gasteiger partial charge in [-0.05, 0) is 20.8 Å². The van der Waals surface area contributed by atoms with Crippen LogP contribution in [0.1, 0.15) is 31.1 Å². The molecule has 1 aliphatic heterocycles. The Bertz CT molecular complexity index is 416. The maximum Gasteiger partial charge on any atom is 0.179 e. The first kappa shape index (κ1) is 13.6. The lowest BCUT2D eigenvalue weighted by molar-refractivity contribution is 0.0832. The van der Waals surface area contributed by atoms with Crippen molar-refractivity contribution in [1.82, 2.24) is 4.90 Å². The van der Waals surface area contributed by atoms with Crippen LogP contribution in [-0.2, 0) is 0 Å². The normalized spacial score (nSPS) is 21.5. The fourth-order valence-electron chi connectivity index (χ4n) is 2.39. The van der Waals surface area contributed by atoms with Crippen molar-refractivity contribution in [1.29, 1.82) is 0 Å². The van der Waals surface area contributed by atoms with E-state index in [4.69, 9.17) is 0 Å². The van der Waals surface area contributed by atoms with Crippen LogP contribution in [0.5, 0.6) is 0 Å². The number of rotatable bonds is 3. The van der Waals surface area contributed by atoms with Gasteiger partial charge in [0.1, 0.15) is 0 Å². The van der Waals surface area contributed by atoms with Crippen LogP contribution in [0.15, 0.2) is 30.3 Å². The van der Waals surface area contributed by atoms with Crippen molar-refractivity contribution in [3.05, 3.63) is 35.9 Å². The molecule has 1 saturated heterocycles. The number of benzene rings is 1. The molecule has 0 radical (unpaired) electrons. The van der Waals surface area contributed by atoms with Gasteiger partial charge in [0.05, 0.1) is 6.04 Å². The molecule has 1 unspecified atom stereocenters. The molecule has 2 rings (SSSR count). The highest BCUT2D eigenvalue weighted by atomic mass is 32.2. The molecule has 0 saturated carbocycles. The Kier molecular flexibility index (Phi) is 4.13. The monoisotopic (exact) mass is 263 g/mol. The van der Waals surface area contributed by atoms with Crippen LogP contribution in [-0.4, -0.2) is 40.3 Å². The fraction of sp³-hybridized carbons (Fsp3) is 0.533. The first-order chi connectivity index (χ1) is 8.49. The van der Waals surface area contributed by atoms with Gasteiger partial charge in [-0.3, -0.25) is 9.69 Å². The summed E-state index contributed by atoms with van der Waals surface area (Å²) in [5.41, 5.74) is 0.820. The lowest BCUT2D eigenvalue weighted by Crippen LogP contribution is -2.49. The van der Waals surface area contributed by atoms with Crippen LogP contribution in [0, 0.1) is 0 Å². The van der Waals surface area contributed by atoms with Gasteiger partial charge in [0, 0.05) is 29.2 Å². The highest BCUT2D eigenvalue weighted by molar-refractivity contribution is 8.00. The van der Waals surface area contributed by atoms with Crippen LogP contribution in [0.4, 0.5) is 0 Å². The molecule has 0 aromatic heterocycles. The Morgan fingerprint density at radius 3 is 2.61 bits per heavy atom. The molecule has 1 aromatic rings. The molecule has 1 aliphatic rings. The van der Waals surface area contributed by atoms with Crippen molar-refractivity contribution in [2.45, 2.75) is 31.6 Å². The molecule has 18 heavy (non-hydrogen) atoms. The molecule has 1 heterocycles. The molecule has 0 spiro atoms. The van der Waals surface area contributed by atoms with E-state index in [1.54, 1.807) is 0 Å². The first-order valence-corrected chi connectivity index (χ1v) is 7.45. The van der Waals surface area contributed by atoms with Gasteiger partial charge >= 0.3 is 0 Å². The summed E-state index contributed by atoms with van der Waals surface area (Å²) in [5, 5.41) is 0. The van der Waals surface area contributed by atoms with Crippen LogP contribution in [0.3, 0.4) is 0 Å². The van der Waals surface area contributed by atoms with Crippen molar-refractivity contribution >= 4 is 17.5 Å². The Morgan fingerprint density at radius 1 is 1.33 bits per heavy atom. The maximum atomic E-state index is 12.4. The molecule has 0 N–H and O–H groups in total. The van der Waals surface area contributed by atoms with E-state index in [-0.39, 0.29) is 16.6 Å². The van der Waals surface area contributed by atoms with E-state index >= 15 is 0 Å². The third kappa shape index (κ3) is 3.15. The molecule has 3 heteroatoms. The molecule has 1 atom stereocenters. The molecule has 1 aromatic carbocycles. The number of Topliss-reactive ketones (excluding diaryl/α,β-unsaturated/α-hetero) is 1. The van der Waals surface area contributed by atoms with E-state index in [0.29, 0.717) is 0 Å². The van der Waals surface area contributed by atoms with E-state index in [1.807, 2.05) is 49.0 Å². The number of thioether (sulfide) groups is 1. The second kappa shape index (κ2) is 5.45. The average molecular weight is 263 g/mol. The highest BCUT2D eigenvalue weighted by Gasteiger charge is 2.32. The van der Waals surface area contributed by atoms with Crippen LogP contribution >= 0.6 is 11.8 Å². The average Bonchev–Trinajstić information content (AvgIpc) is 2.37. The van der Waals surface area contributed by atoms with Gasteiger partial charge in [0.15, 0.2) is 5.78 Å². The summed E-state index contributed by atoms with van der Waals surface area (Å²) >= 11 is 2.00. The lowest BCUT2D eigenvalue weighted by atomic mass is 10.0. The van der Waals surface area contributed by atoms with Gasteiger partial charge in [-0.1, -0.05) is 30.3 Å². The van der Waals surface area contributed by atoms with Crippen molar-refractivity contribution in [2.75, 3.05) is 18.8 Å². The summed E-state index contributed by atoms with van der Waals surface area (Å²) < 4.78 is 0.253. The second-order valence-corrected chi connectivity index (χ2v) is 7.29. The first-order valence-electron chi connectivity index (χ1n) is 6.47. The number of carbonyl (C=O) groups excluding carboxylic acids is 1. The van der Waals surface area contributed by atoms with Gasteiger partial charge in [0.25, 0.3) is 0 Å². The zero-order valence-corrected chi connectivity index (χ0v) is 12.2. The topological polar surface area (TPSA) is 20.3 Å². The van der Waals surface area contributed by atoms with E-state index in [1.165, 1.54) is 0 Å². The van der Waals surface area contributed by atoms with E-state index in [9.17, 15) is 4.79 Å². The molecule has 0 amide bonds. The third-order valence-corrected chi connectivity index (χ3v) is 4.74. The zero-order chi connectivity index (χ0) is 13.2. The fourth-order valence-corrected chi connectivity index (χ4v) is 3.53. The Balaban J connectivity index is 2.07. The molecule has 0 aliphatic carbocycles. The van der Waals surface area contributed by atoms with Crippen molar-refractivity contribution in [3.8, 4) is 0 Å². The van der Waals surface area contributed by atoms with Crippen LogP contribution in [0.2, 0.25) is 0 Å². The second-order valence-electron chi connectivity index (χ2n) is 5.48. The molecule has 0 bridgehead atoms. The SMILES string of the molecule is CC(C(=O)c1ccccc1)N1CCSC(C)(C)C1. The van der Waals surface area contributed by atoms with Gasteiger partial charge in [-0.25, -0.2) is 0 Å². The number of hydrogen-bond donors (Lipinski definition) is 0. The summed E-state index contributed by atoms with van der Waals surface area (Å²) in [6, 6.07) is 9.59. The maximum absolute atomic E-state index is 12.4. The third-order valence-electron chi connectivity index (χ3n) is 3.44. The molecule has 1 fully saturated rings. The zero-order valence-electron chi connectivity index (χ0n) is 11.3. The largest absolute Gasteiger partial charge is 0.292 e. The summed E-state index contributed by atoms with van der Waals surface area (Å²) in [6.45, 7) is 8.53. The minimum atomic E-state index is -0.0208. The molecule has 2 nitrogen and oxygen atoms in total. The Labute approximate surface area is 114 Å². The highest BCUT2D eigenvalue weighted by Crippen LogP contribution is 2.30. The van der Waals surface area contributed by atoms with E-state index < -0.39 is 0 Å². The van der Waals surface area contributed by atoms with Gasteiger partial charge in [0.2, 0.25) is 0 Å². The quantitative estimate of drug-likeness (QED) is 0.782. The van der Waals surface area contributed by atoms with Crippen molar-refractivity contribution < 1.29 is 4.79 Å². The number of nitrogens with zero attached hydrogens (tertiary/aromatic N) is 1. The van der Waals surface area contributed by atoms with E-state index in [0.717, 1.165) is 24.4 Å². The Hall–Kier alpha value is -0.800.